The van der Waals surface area contributed by atoms with Crippen molar-refractivity contribution < 1.29 is 8.78 Å². The molecule has 3 heteroatoms. The van der Waals surface area contributed by atoms with Crippen LogP contribution in [0.1, 0.15) is 30.9 Å². The van der Waals surface area contributed by atoms with E-state index < -0.39 is 11.6 Å². The van der Waals surface area contributed by atoms with Gasteiger partial charge in [-0.25, -0.2) is 8.78 Å². The Hall–Kier alpha value is -1.90. The van der Waals surface area contributed by atoms with Crippen LogP contribution < -0.4 is 5.32 Å². The molecule has 0 heterocycles. The van der Waals surface area contributed by atoms with Gasteiger partial charge in [-0.1, -0.05) is 32.0 Å². The first kappa shape index (κ1) is 13.5. The van der Waals surface area contributed by atoms with E-state index in [1.165, 1.54) is 11.6 Å². The van der Waals surface area contributed by atoms with E-state index in [4.69, 9.17) is 0 Å². The second-order valence-electron chi connectivity index (χ2n) is 4.88. The number of nitrogens with one attached hydrogen (secondary N) is 1. The highest BCUT2D eigenvalue weighted by atomic mass is 19.2. The van der Waals surface area contributed by atoms with Crippen LogP contribution >= 0.6 is 0 Å². The SMILES string of the molecule is CC(C)c1ccc(NCc2ccc(F)c(F)c2)cc1. The predicted octanol–water partition coefficient (Wildman–Crippen LogP) is 4.70. The number of halogens is 2. The van der Waals surface area contributed by atoms with Crippen molar-refractivity contribution in [3.05, 3.63) is 65.2 Å². The normalized spacial score (nSPS) is 10.8. The third-order valence-corrected chi connectivity index (χ3v) is 3.06. The summed E-state index contributed by atoms with van der Waals surface area (Å²) in [5.41, 5.74) is 2.96. The summed E-state index contributed by atoms with van der Waals surface area (Å²) in [5, 5.41) is 3.18. The summed E-state index contributed by atoms with van der Waals surface area (Å²) in [6.45, 7) is 4.76. The van der Waals surface area contributed by atoms with Crippen molar-refractivity contribution in [3.63, 3.8) is 0 Å². The van der Waals surface area contributed by atoms with E-state index >= 15 is 0 Å². The molecule has 0 spiro atoms. The lowest BCUT2D eigenvalue weighted by Gasteiger charge is -2.09. The van der Waals surface area contributed by atoms with Crippen molar-refractivity contribution in [2.45, 2.75) is 26.3 Å². The molecule has 0 unspecified atom stereocenters. The maximum atomic E-state index is 13.0. The van der Waals surface area contributed by atoms with E-state index in [9.17, 15) is 8.78 Å². The number of rotatable bonds is 4. The minimum atomic E-state index is -0.815. The molecule has 0 aromatic heterocycles. The van der Waals surface area contributed by atoms with Crippen LogP contribution in [0.25, 0.3) is 0 Å². The first-order valence-electron chi connectivity index (χ1n) is 6.34. The van der Waals surface area contributed by atoms with Gasteiger partial charge in [-0.3, -0.25) is 0 Å². The number of hydrogen-bond donors (Lipinski definition) is 1. The van der Waals surface area contributed by atoms with E-state index in [0.29, 0.717) is 18.0 Å². The highest BCUT2D eigenvalue weighted by Gasteiger charge is 2.03. The molecular weight excluding hydrogens is 244 g/mol. The fraction of sp³-hybridized carbons (Fsp3) is 0.250. The Morgan fingerprint density at radius 3 is 2.21 bits per heavy atom. The lowest BCUT2D eigenvalue weighted by Crippen LogP contribution is -2.00. The van der Waals surface area contributed by atoms with Crippen LogP contribution in [-0.2, 0) is 6.54 Å². The fourth-order valence-corrected chi connectivity index (χ4v) is 1.84. The van der Waals surface area contributed by atoms with Gasteiger partial charge in [0.25, 0.3) is 0 Å². The van der Waals surface area contributed by atoms with Gasteiger partial charge in [0.1, 0.15) is 0 Å². The van der Waals surface area contributed by atoms with Crippen LogP contribution in [-0.4, -0.2) is 0 Å². The van der Waals surface area contributed by atoms with E-state index in [-0.39, 0.29) is 0 Å². The van der Waals surface area contributed by atoms with Gasteiger partial charge in [-0.05, 0) is 41.3 Å². The van der Waals surface area contributed by atoms with Gasteiger partial charge in [0.2, 0.25) is 0 Å². The molecule has 0 fully saturated rings. The summed E-state index contributed by atoms with van der Waals surface area (Å²) >= 11 is 0. The third-order valence-electron chi connectivity index (χ3n) is 3.06. The Balaban J connectivity index is 2.00. The van der Waals surface area contributed by atoms with E-state index in [1.54, 1.807) is 6.07 Å². The first-order chi connectivity index (χ1) is 9.06. The standard InChI is InChI=1S/C16H17F2N/c1-11(2)13-4-6-14(7-5-13)19-10-12-3-8-15(17)16(18)9-12/h3-9,11,19H,10H2,1-2H3. The number of anilines is 1. The summed E-state index contributed by atoms with van der Waals surface area (Å²) in [7, 11) is 0. The molecule has 0 aliphatic carbocycles. The molecule has 2 aromatic rings. The zero-order chi connectivity index (χ0) is 13.8. The summed E-state index contributed by atoms with van der Waals surface area (Å²) < 4.78 is 25.8. The molecule has 1 nitrogen and oxygen atoms in total. The molecule has 0 saturated carbocycles. The van der Waals surface area contributed by atoms with Crippen molar-refractivity contribution in [2.24, 2.45) is 0 Å². The maximum Gasteiger partial charge on any atom is 0.159 e. The van der Waals surface area contributed by atoms with Crippen LogP contribution in [0, 0.1) is 11.6 Å². The van der Waals surface area contributed by atoms with Crippen LogP contribution in [0.15, 0.2) is 42.5 Å². The van der Waals surface area contributed by atoms with Crippen LogP contribution in [0.3, 0.4) is 0 Å². The Kier molecular flexibility index (Phi) is 4.15. The summed E-state index contributed by atoms with van der Waals surface area (Å²) in [6.07, 6.45) is 0. The van der Waals surface area contributed by atoms with Crippen molar-refractivity contribution >= 4 is 5.69 Å². The second kappa shape index (κ2) is 5.83. The summed E-state index contributed by atoms with van der Waals surface area (Å²) in [6, 6.07) is 12.1. The Labute approximate surface area is 112 Å². The van der Waals surface area contributed by atoms with Crippen LogP contribution in [0.4, 0.5) is 14.5 Å². The lowest BCUT2D eigenvalue weighted by atomic mass is 10.0. The lowest BCUT2D eigenvalue weighted by molar-refractivity contribution is 0.507. The van der Waals surface area contributed by atoms with Crippen molar-refractivity contribution in [3.8, 4) is 0 Å². The molecule has 100 valence electrons. The van der Waals surface area contributed by atoms with Gasteiger partial charge < -0.3 is 5.32 Å². The Morgan fingerprint density at radius 2 is 1.63 bits per heavy atom. The minimum absolute atomic E-state index is 0.470. The molecule has 0 radical (unpaired) electrons. The van der Waals surface area contributed by atoms with Crippen molar-refractivity contribution in [1.82, 2.24) is 0 Å². The fourth-order valence-electron chi connectivity index (χ4n) is 1.84. The highest BCUT2D eigenvalue weighted by molar-refractivity contribution is 5.45. The molecule has 1 N–H and O–H groups in total. The van der Waals surface area contributed by atoms with Crippen LogP contribution in [0.2, 0.25) is 0 Å². The predicted molar refractivity (Wildman–Crippen MR) is 74.2 cm³/mol. The van der Waals surface area contributed by atoms with Crippen LogP contribution in [0.5, 0.6) is 0 Å². The zero-order valence-electron chi connectivity index (χ0n) is 11.1. The maximum absolute atomic E-state index is 13.0. The minimum Gasteiger partial charge on any atom is -0.381 e. The van der Waals surface area contributed by atoms with Gasteiger partial charge in [-0.2, -0.15) is 0 Å². The third kappa shape index (κ3) is 3.53. The highest BCUT2D eigenvalue weighted by Crippen LogP contribution is 2.18. The average molecular weight is 261 g/mol. The smallest absolute Gasteiger partial charge is 0.159 e. The number of benzene rings is 2. The average Bonchev–Trinajstić information content (AvgIpc) is 2.40. The van der Waals surface area contributed by atoms with Crippen molar-refractivity contribution in [2.75, 3.05) is 5.32 Å². The van der Waals surface area contributed by atoms with E-state index in [0.717, 1.165) is 11.8 Å². The summed E-state index contributed by atoms with van der Waals surface area (Å²) in [5.74, 6) is -1.13. The summed E-state index contributed by atoms with van der Waals surface area (Å²) in [4.78, 5) is 0. The van der Waals surface area contributed by atoms with Gasteiger partial charge in [0.15, 0.2) is 11.6 Å². The Bertz CT molecular complexity index is 547. The largest absolute Gasteiger partial charge is 0.381 e. The second-order valence-corrected chi connectivity index (χ2v) is 4.88. The van der Waals surface area contributed by atoms with E-state index in [1.807, 2.05) is 12.1 Å². The molecule has 0 bridgehead atoms. The van der Waals surface area contributed by atoms with Gasteiger partial charge in [0, 0.05) is 12.2 Å². The molecule has 0 saturated heterocycles. The molecule has 0 amide bonds. The molecule has 0 aliphatic heterocycles. The van der Waals surface area contributed by atoms with Gasteiger partial charge >= 0.3 is 0 Å². The molecule has 0 aliphatic rings. The van der Waals surface area contributed by atoms with Gasteiger partial charge in [0.05, 0.1) is 0 Å². The van der Waals surface area contributed by atoms with Gasteiger partial charge in [-0.15, -0.1) is 0 Å². The molecule has 19 heavy (non-hydrogen) atoms. The van der Waals surface area contributed by atoms with Crippen molar-refractivity contribution in [1.29, 1.82) is 0 Å². The zero-order valence-corrected chi connectivity index (χ0v) is 11.1. The molecule has 0 atom stereocenters. The molecular formula is C16H17F2N. The topological polar surface area (TPSA) is 12.0 Å². The quantitative estimate of drug-likeness (QED) is 0.841. The molecule has 2 rings (SSSR count). The Morgan fingerprint density at radius 1 is 0.947 bits per heavy atom. The molecule has 2 aromatic carbocycles. The number of hydrogen-bond acceptors (Lipinski definition) is 1. The first-order valence-corrected chi connectivity index (χ1v) is 6.34. The van der Waals surface area contributed by atoms with E-state index in [2.05, 4.69) is 31.3 Å². The monoisotopic (exact) mass is 261 g/mol.